The Morgan fingerprint density at radius 3 is 2.67 bits per heavy atom. The number of hydrogen-bond acceptors (Lipinski definition) is 2. The molecule has 2 rings (SSSR count). The lowest BCUT2D eigenvalue weighted by Gasteiger charge is -2.11. The zero-order valence-electron chi connectivity index (χ0n) is 11.5. The van der Waals surface area contributed by atoms with Gasteiger partial charge < -0.3 is 9.47 Å². The molecule has 0 aliphatic carbocycles. The normalized spacial score (nSPS) is 11.4. The van der Waals surface area contributed by atoms with Crippen molar-refractivity contribution in [1.29, 1.82) is 0 Å². The van der Waals surface area contributed by atoms with Gasteiger partial charge in [-0.1, -0.05) is 11.6 Å². The van der Waals surface area contributed by atoms with Gasteiger partial charge >= 0.3 is 0 Å². The van der Waals surface area contributed by atoms with Gasteiger partial charge in [-0.2, -0.15) is 0 Å². The predicted molar refractivity (Wildman–Crippen MR) is 75.2 cm³/mol. The highest BCUT2D eigenvalue weighted by atomic mass is 16.1. The molecule has 0 saturated carbocycles. The zero-order valence-corrected chi connectivity index (χ0v) is 11.5. The van der Waals surface area contributed by atoms with E-state index in [0.29, 0.717) is 0 Å². The van der Waals surface area contributed by atoms with Crippen LogP contribution in [0.1, 0.15) is 22.8 Å². The van der Waals surface area contributed by atoms with Crippen molar-refractivity contribution in [2.75, 3.05) is 20.6 Å². The van der Waals surface area contributed by atoms with E-state index in [1.54, 1.807) is 6.92 Å². The van der Waals surface area contributed by atoms with E-state index in [2.05, 4.69) is 48.7 Å². The fraction of sp³-hybridized carbons (Fsp3) is 0.400. The molecular formula is C15H20N2O. The van der Waals surface area contributed by atoms with Gasteiger partial charge in [0, 0.05) is 35.8 Å². The molecule has 0 aliphatic heterocycles. The molecule has 0 atom stereocenters. The van der Waals surface area contributed by atoms with Crippen LogP contribution < -0.4 is 0 Å². The second-order valence-corrected chi connectivity index (χ2v) is 5.12. The van der Waals surface area contributed by atoms with Gasteiger partial charge in [0.2, 0.25) is 0 Å². The third-order valence-electron chi connectivity index (χ3n) is 3.20. The van der Waals surface area contributed by atoms with Crippen molar-refractivity contribution in [3.63, 3.8) is 0 Å². The van der Waals surface area contributed by atoms with E-state index in [9.17, 15) is 4.79 Å². The SMILES string of the molecule is CC(=O)c1cn(CCN(C)C)c2ccc(C)cc12. The first-order valence-electron chi connectivity index (χ1n) is 6.24. The Morgan fingerprint density at radius 2 is 2.06 bits per heavy atom. The Labute approximate surface area is 108 Å². The summed E-state index contributed by atoms with van der Waals surface area (Å²) < 4.78 is 2.17. The van der Waals surface area contributed by atoms with Crippen molar-refractivity contribution in [1.82, 2.24) is 9.47 Å². The monoisotopic (exact) mass is 244 g/mol. The summed E-state index contributed by atoms with van der Waals surface area (Å²) in [5.41, 5.74) is 3.16. The molecule has 2 aromatic rings. The average molecular weight is 244 g/mol. The van der Waals surface area contributed by atoms with E-state index in [1.807, 2.05) is 6.20 Å². The van der Waals surface area contributed by atoms with E-state index in [-0.39, 0.29) is 5.78 Å². The molecule has 0 amide bonds. The van der Waals surface area contributed by atoms with Crippen LogP contribution in [0.2, 0.25) is 0 Å². The maximum atomic E-state index is 11.7. The van der Waals surface area contributed by atoms with Gasteiger partial charge in [-0.25, -0.2) is 0 Å². The second kappa shape index (κ2) is 4.94. The quantitative estimate of drug-likeness (QED) is 0.773. The van der Waals surface area contributed by atoms with Crippen LogP contribution in [0.15, 0.2) is 24.4 Å². The van der Waals surface area contributed by atoms with E-state index < -0.39 is 0 Å². The van der Waals surface area contributed by atoms with Gasteiger partial charge in [-0.3, -0.25) is 4.79 Å². The summed E-state index contributed by atoms with van der Waals surface area (Å²) in [4.78, 5) is 13.8. The first-order valence-corrected chi connectivity index (χ1v) is 6.24. The molecule has 96 valence electrons. The maximum Gasteiger partial charge on any atom is 0.161 e. The van der Waals surface area contributed by atoms with Crippen molar-refractivity contribution in [3.05, 3.63) is 35.5 Å². The lowest BCUT2D eigenvalue weighted by atomic mass is 10.1. The molecule has 1 heterocycles. The Balaban J connectivity index is 2.50. The molecule has 0 fully saturated rings. The second-order valence-electron chi connectivity index (χ2n) is 5.12. The van der Waals surface area contributed by atoms with Gasteiger partial charge in [0.15, 0.2) is 5.78 Å². The number of nitrogens with zero attached hydrogens (tertiary/aromatic N) is 2. The smallest absolute Gasteiger partial charge is 0.161 e. The Bertz CT molecular complexity index is 581. The number of carbonyl (C=O) groups excluding carboxylic acids is 1. The number of aromatic nitrogens is 1. The Hall–Kier alpha value is -1.61. The number of ketones is 1. The molecule has 0 aliphatic rings. The lowest BCUT2D eigenvalue weighted by molar-refractivity contribution is 0.101. The summed E-state index contributed by atoms with van der Waals surface area (Å²) in [6, 6.07) is 6.30. The van der Waals surface area contributed by atoms with Crippen molar-refractivity contribution in [2.45, 2.75) is 20.4 Å². The third-order valence-corrected chi connectivity index (χ3v) is 3.20. The van der Waals surface area contributed by atoms with Crippen LogP contribution >= 0.6 is 0 Å². The molecular weight excluding hydrogens is 224 g/mol. The number of carbonyl (C=O) groups is 1. The average Bonchev–Trinajstić information content (AvgIpc) is 2.64. The van der Waals surface area contributed by atoms with Crippen LogP contribution in [0.5, 0.6) is 0 Å². The summed E-state index contributed by atoms with van der Waals surface area (Å²) in [6.07, 6.45) is 1.98. The standard InChI is InChI=1S/C15H20N2O/c1-11-5-6-15-13(9-11)14(12(2)18)10-17(15)8-7-16(3)4/h5-6,9-10H,7-8H2,1-4H3. The highest BCUT2D eigenvalue weighted by Gasteiger charge is 2.11. The fourth-order valence-electron chi connectivity index (χ4n) is 2.18. The largest absolute Gasteiger partial charge is 0.345 e. The lowest BCUT2D eigenvalue weighted by Crippen LogP contribution is -2.17. The number of hydrogen-bond donors (Lipinski definition) is 0. The van der Waals surface area contributed by atoms with E-state index in [4.69, 9.17) is 0 Å². The number of benzene rings is 1. The first kappa shape index (κ1) is 12.8. The Morgan fingerprint density at radius 1 is 1.33 bits per heavy atom. The van der Waals surface area contributed by atoms with Crippen molar-refractivity contribution >= 4 is 16.7 Å². The Kier molecular flexibility index (Phi) is 3.53. The minimum atomic E-state index is 0.134. The van der Waals surface area contributed by atoms with Crippen LogP contribution in [-0.4, -0.2) is 35.9 Å². The van der Waals surface area contributed by atoms with Crippen LogP contribution in [0.3, 0.4) is 0 Å². The molecule has 3 nitrogen and oxygen atoms in total. The van der Waals surface area contributed by atoms with E-state index in [1.165, 1.54) is 5.56 Å². The molecule has 0 radical (unpaired) electrons. The number of likely N-dealkylation sites (N-methyl/N-ethyl adjacent to an activating group) is 1. The highest BCUT2D eigenvalue weighted by molar-refractivity contribution is 6.07. The first-order chi connectivity index (χ1) is 8.49. The maximum absolute atomic E-state index is 11.7. The van der Waals surface area contributed by atoms with Gasteiger partial charge in [-0.05, 0) is 40.1 Å². The van der Waals surface area contributed by atoms with Crippen molar-refractivity contribution in [2.24, 2.45) is 0 Å². The van der Waals surface area contributed by atoms with Crippen molar-refractivity contribution < 1.29 is 4.79 Å². The molecule has 0 N–H and O–H groups in total. The number of fused-ring (bicyclic) bond motifs is 1. The number of Topliss-reactive ketones (excluding diaryl/α,β-unsaturated/α-hetero) is 1. The molecule has 1 aromatic carbocycles. The summed E-state index contributed by atoms with van der Waals surface area (Å²) >= 11 is 0. The van der Waals surface area contributed by atoms with Gasteiger partial charge in [0.1, 0.15) is 0 Å². The van der Waals surface area contributed by atoms with E-state index in [0.717, 1.165) is 29.6 Å². The van der Waals surface area contributed by atoms with Crippen LogP contribution in [0.25, 0.3) is 10.9 Å². The molecule has 0 unspecified atom stereocenters. The number of rotatable bonds is 4. The molecule has 1 aromatic heterocycles. The third kappa shape index (κ3) is 2.46. The number of aryl methyl sites for hydroxylation is 1. The summed E-state index contributed by atoms with van der Waals surface area (Å²) in [5, 5.41) is 1.07. The molecule has 0 bridgehead atoms. The van der Waals surface area contributed by atoms with Crippen LogP contribution in [-0.2, 0) is 6.54 Å². The van der Waals surface area contributed by atoms with Crippen LogP contribution in [0.4, 0.5) is 0 Å². The van der Waals surface area contributed by atoms with Gasteiger partial charge in [0.05, 0.1) is 0 Å². The molecule has 3 heteroatoms. The fourth-order valence-corrected chi connectivity index (χ4v) is 2.18. The summed E-state index contributed by atoms with van der Waals surface area (Å²) in [7, 11) is 4.11. The van der Waals surface area contributed by atoms with E-state index >= 15 is 0 Å². The predicted octanol–water partition coefficient (Wildman–Crippen LogP) is 2.71. The minimum absolute atomic E-state index is 0.134. The highest BCUT2D eigenvalue weighted by Crippen LogP contribution is 2.23. The van der Waals surface area contributed by atoms with Gasteiger partial charge in [-0.15, -0.1) is 0 Å². The summed E-state index contributed by atoms with van der Waals surface area (Å²) in [5.74, 6) is 0.134. The zero-order chi connectivity index (χ0) is 13.3. The van der Waals surface area contributed by atoms with Gasteiger partial charge in [0.25, 0.3) is 0 Å². The molecule has 0 saturated heterocycles. The minimum Gasteiger partial charge on any atom is -0.345 e. The summed E-state index contributed by atoms with van der Waals surface area (Å²) in [6.45, 7) is 5.56. The topological polar surface area (TPSA) is 25.2 Å². The molecule has 0 spiro atoms. The molecule has 18 heavy (non-hydrogen) atoms. The van der Waals surface area contributed by atoms with Crippen LogP contribution in [0, 0.1) is 6.92 Å². The van der Waals surface area contributed by atoms with Crippen molar-refractivity contribution in [3.8, 4) is 0 Å².